The predicted octanol–water partition coefficient (Wildman–Crippen LogP) is 2.98. The lowest BCUT2D eigenvalue weighted by Gasteiger charge is -2.26. The van der Waals surface area contributed by atoms with Crippen LogP contribution >= 0.6 is 15.9 Å². The van der Waals surface area contributed by atoms with Gasteiger partial charge < -0.3 is 5.32 Å². The van der Waals surface area contributed by atoms with E-state index in [0.29, 0.717) is 15.9 Å². The fourth-order valence-corrected chi connectivity index (χ4v) is 4.69. The summed E-state index contributed by atoms with van der Waals surface area (Å²) in [4.78, 5) is 0.333. The lowest BCUT2D eigenvalue weighted by Crippen LogP contribution is -2.36. The van der Waals surface area contributed by atoms with Gasteiger partial charge in [-0.05, 0) is 53.5 Å². The molecule has 0 spiro atoms. The van der Waals surface area contributed by atoms with Crippen LogP contribution in [0.2, 0.25) is 0 Å². The molecule has 0 saturated heterocycles. The van der Waals surface area contributed by atoms with Gasteiger partial charge >= 0.3 is 0 Å². The Kier molecular flexibility index (Phi) is 6.64. The first-order chi connectivity index (χ1) is 9.38. The second kappa shape index (κ2) is 7.54. The number of halogens is 1. The summed E-state index contributed by atoms with van der Waals surface area (Å²) in [5.41, 5.74) is 0.951. The minimum atomic E-state index is -3.48. The summed E-state index contributed by atoms with van der Waals surface area (Å²) in [6.07, 6.45) is 1.61. The first-order valence-corrected chi connectivity index (χ1v) is 9.02. The number of hydrogen-bond donors (Lipinski definition) is 1. The summed E-state index contributed by atoms with van der Waals surface area (Å²) in [6, 6.07) is 5.46. The molecular weight excluding hydrogens is 340 g/mol. The number of benzene rings is 1. The number of sulfonamides is 1. The molecule has 4 nitrogen and oxygen atoms in total. The van der Waals surface area contributed by atoms with Gasteiger partial charge in [-0.1, -0.05) is 19.9 Å². The molecule has 0 aromatic heterocycles. The number of nitrogens with one attached hydrogen (secondary N) is 1. The van der Waals surface area contributed by atoms with Crippen molar-refractivity contribution in [2.24, 2.45) is 0 Å². The van der Waals surface area contributed by atoms with Crippen molar-refractivity contribution >= 4 is 26.0 Å². The van der Waals surface area contributed by atoms with Crippen molar-refractivity contribution in [2.75, 3.05) is 14.1 Å². The van der Waals surface area contributed by atoms with E-state index in [1.165, 1.54) is 4.31 Å². The maximum absolute atomic E-state index is 12.7. The number of nitrogens with zero attached hydrogens (tertiary/aromatic N) is 1. The number of rotatable bonds is 7. The second-order valence-electron chi connectivity index (χ2n) is 4.79. The molecule has 0 fully saturated rings. The molecule has 0 bridgehead atoms. The molecule has 114 valence electrons. The molecule has 0 aliphatic rings. The summed E-state index contributed by atoms with van der Waals surface area (Å²) < 4.78 is 27.6. The Balaban J connectivity index is 3.23. The zero-order valence-corrected chi connectivity index (χ0v) is 14.9. The summed E-state index contributed by atoms with van der Waals surface area (Å²) in [5.74, 6) is 0. The second-order valence-corrected chi connectivity index (χ2v) is 7.61. The Labute approximate surface area is 130 Å². The van der Waals surface area contributed by atoms with Crippen LogP contribution in [-0.2, 0) is 16.6 Å². The van der Waals surface area contributed by atoms with E-state index in [1.54, 1.807) is 19.2 Å². The minimum absolute atomic E-state index is 0.0276. The van der Waals surface area contributed by atoms with Crippen LogP contribution < -0.4 is 5.32 Å². The van der Waals surface area contributed by atoms with Crippen molar-refractivity contribution in [3.05, 3.63) is 28.2 Å². The third kappa shape index (κ3) is 3.81. The SMILES string of the molecule is CCC(CC)N(C)S(=O)(=O)c1cc(CNC)ccc1Br. The van der Waals surface area contributed by atoms with E-state index in [0.717, 1.165) is 18.4 Å². The molecule has 1 aromatic rings. The molecule has 0 radical (unpaired) electrons. The van der Waals surface area contributed by atoms with Gasteiger partial charge in [0.1, 0.15) is 0 Å². The van der Waals surface area contributed by atoms with Crippen molar-refractivity contribution in [1.29, 1.82) is 0 Å². The van der Waals surface area contributed by atoms with Crippen LogP contribution in [0.5, 0.6) is 0 Å². The van der Waals surface area contributed by atoms with Gasteiger partial charge in [-0.2, -0.15) is 4.31 Å². The zero-order valence-electron chi connectivity index (χ0n) is 12.5. The molecular formula is C14H23BrN2O2S. The highest BCUT2D eigenvalue weighted by Gasteiger charge is 2.28. The molecule has 20 heavy (non-hydrogen) atoms. The number of hydrogen-bond acceptors (Lipinski definition) is 3. The van der Waals surface area contributed by atoms with Gasteiger partial charge in [0, 0.05) is 24.1 Å². The molecule has 6 heteroatoms. The van der Waals surface area contributed by atoms with Crippen LogP contribution in [0.25, 0.3) is 0 Å². The highest BCUT2D eigenvalue weighted by Crippen LogP contribution is 2.27. The van der Waals surface area contributed by atoms with E-state index >= 15 is 0 Å². The van der Waals surface area contributed by atoms with Crippen LogP contribution in [0.15, 0.2) is 27.6 Å². The predicted molar refractivity (Wildman–Crippen MR) is 86.2 cm³/mol. The van der Waals surface area contributed by atoms with E-state index in [2.05, 4.69) is 21.2 Å². The quantitative estimate of drug-likeness (QED) is 0.810. The molecule has 1 rings (SSSR count). The Bertz CT molecular complexity index is 542. The average molecular weight is 363 g/mol. The van der Waals surface area contributed by atoms with Gasteiger partial charge in [0.15, 0.2) is 0 Å². The summed E-state index contributed by atoms with van der Waals surface area (Å²) in [6.45, 7) is 4.66. The molecule has 1 N–H and O–H groups in total. The molecule has 0 heterocycles. The maximum atomic E-state index is 12.7. The largest absolute Gasteiger partial charge is 0.316 e. The maximum Gasteiger partial charge on any atom is 0.244 e. The topological polar surface area (TPSA) is 49.4 Å². The first kappa shape index (κ1) is 17.6. The van der Waals surface area contributed by atoms with Crippen LogP contribution in [-0.4, -0.2) is 32.9 Å². The van der Waals surface area contributed by atoms with Crippen LogP contribution in [0, 0.1) is 0 Å². The zero-order chi connectivity index (χ0) is 15.3. The van der Waals surface area contributed by atoms with Crippen LogP contribution in [0.1, 0.15) is 32.3 Å². The van der Waals surface area contributed by atoms with Gasteiger partial charge in [-0.25, -0.2) is 8.42 Å². The fraction of sp³-hybridized carbons (Fsp3) is 0.571. The highest BCUT2D eigenvalue weighted by atomic mass is 79.9. The van der Waals surface area contributed by atoms with Crippen molar-refractivity contribution < 1.29 is 8.42 Å². The summed E-state index contributed by atoms with van der Waals surface area (Å²) in [5, 5.41) is 3.03. The fourth-order valence-electron chi connectivity index (χ4n) is 2.21. The van der Waals surface area contributed by atoms with E-state index in [-0.39, 0.29) is 6.04 Å². The standard InChI is InChI=1S/C14H23BrN2O2S/c1-5-12(6-2)17(4)20(18,19)14-9-11(10-16-3)7-8-13(14)15/h7-9,12,16H,5-6,10H2,1-4H3. The Morgan fingerprint density at radius 1 is 1.30 bits per heavy atom. The van der Waals surface area contributed by atoms with Crippen molar-refractivity contribution in [3.8, 4) is 0 Å². The molecule has 0 atom stereocenters. The third-order valence-electron chi connectivity index (χ3n) is 3.49. The Morgan fingerprint density at radius 2 is 1.90 bits per heavy atom. The van der Waals surface area contributed by atoms with Crippen LogP contribution in [0.3, 0.4) is 0 Å². The van der Waals surface area contributed by atoms with E-state index in [9.17, 15) is 8.42 Å². The van der Waals surface area contributed by atoms with Gasteiger partial charge in [0.25, 0.3) is 0 Å². The van der Waals surface area contributed by atoms with Gasteiger partial charge in [0.2, 0.25) is 10.0 Å². The third-order valence-corrected chi connectivity index (χ3v) is 6.39. The molecule has 0 saturated carbocycles. The molecule has 1 aromatic carbocycles. The molecule has 0 amide bonds. The van der Waals surface area contributed by atoms with Crippen molar-refractivity contribution in [3.63, 3.8) is 0 Å². The minimum Gasteiger partial charge on any atom is -0.316 e. The van der Waals surface area contributed by atoms with E-state index in [1.807, 2.05) is 27.0 Å². The first-order valence-electron chi connectivity index (χ1n) is 6.79. The van der Waals surface area contributed by atoms with Gasteiger partial charge in [-0.3, -0.25) is 0 Å². The monoisotopic (exact) mass is 362 g/mol. The smallest absolute Gasteiger partial charge is 0.244 e. The Hall–Kier alpha value is -0.430. The van der Waals surface area contributed by atoms with E-state index in [4.69, 9.17) is 0 Å². The molecule has 0 unspecified atom stereocenters. The molecule has 0 aliphatic heterocycles. The van der Waals surface area contributed by atoms with E-state index < -0.39 is 10.0 Å². The van der Waals surface area contributed by atoms with Crippen LogP contribution in [0.4, 0.5) is 0 Å². The van der Waals surface area contributed by atoms with Gasteiger partial charge in [-0.15, -0.1) is 0 Å². The highest BCUT2D eigenvalue weighted by molar-refractivity contribution is 9.10. The average Bonchev–Trinajstić information content (AvgIpc) is 2.42. The van der Waals surface area contributed by atoms with Gasteiger partial charge in [0.05, 0.1) is 4.90 Å². The van der Waals surface area contributed by atoms with Crippen molar-refractivity contribution in [1.82, 2.24) is 9.62 Å². The van der Waals surface area contributed by atoms with Crippen molar-refractivity contribution in [2.45, 2.75) is 44.2 Å². The Morgan fingerprint density at radius 3 is 2.40 bits per heavy atom. The lowest BCUT2D eigenvalue weighted by atomic mass is 10.2. The molecule has 0 aliphatic carbocycles. The summed E-state index contributed by atoms with van der Waals surface area (Å²) >= 11 is 3.35. The lowest BCUT2D eigenvalue weighted by molar-refractivity contribution is 0.349. The summed E-state index contributed by atoms with van der Waals surface area (Å²) in [7, 11) is 0.0215. The normalized spacial score (nSPS) is 12.3.